The number of carbonyl (C=O) groups excluding carboxylic acids is 5. The van der Waals surface area contributed by atoms with Crippen molar-refractivity contribution in [3.63, 3.8) is 0 Å². The van der Waals surface area contributed by atoms with Crippen LogP contribution in [0.4, 0.5) is 10.6 Å². The molecule has 1 aromatic carbocycles. The molecule has 82 heavy (non-hydrogen) atoms. The summed E-state index contributed by atoms with van der Waals surface area (Å²) in [5.74, 6) is -2.94. The lowest BCUT2D eigenvalue weighted by atomic mass is 9.90. The maximum absolute atomic E-state index is 14.4. The summed E-state index contributed by atoms with van der Waals surface area (Å²) in [7, 11) is 3.05. The van der Waals surface area contributed by atoms with Gasteiger partial charge in [0, 0.05) is 64.9 Å². The van der Waals surface area contributed by atoms with Crippen molar-refractivity contribution >= 4 is 115 Å². The Morgan fingerprint density at radius 2 is 1.51 bits per heavy atom. The van der Waals surface area contributed by atoms with Crippen LogP contribution in [0.5, 0.6) is 0 Å². The summed E-state index contributed by atoms with van der Waals surface area (Å²) in [4.78, 5) is 115. The minimum atomic E-state index is -1.22. The summed E-state index contributed by atoms with van der Waals surface area (Å²) < 4.78 is 10.7. The third-order valence-corrected chi connectivity index (χ3v) is 18.5. The maximum atomic E-state index is 14.4. The third kappa shape index (κ3) is 14.0. The van der Waals surface area contributed by atoms with E-state index in [-0.39, 0.29) is 86.2 Å². The van der Waals surface area contributed by atoms with Gasteiger partial charge >= 0.3 is 12.1 Å². The number of nitrogens with one attached hydrogen (secondary N) is 5. The Kier molecular flexibility index (Phi) is 19.1. The summed E-state index contributed by atoms with van der Waals surface area (Å²) >= 11 is 7.47. The number of aromatic nitrogens is 7. The van der Waals surface area contributed by atoms with Gasteiger partial charge in [-0.2, -0.15) is 0 Å². The van der Waals surface area contributed by atoms with Gasteiger partial charge in [-0.15, -0.1) is 68.0 Å². The summed E-state index contributed by atoms with van der Waals surface area (Å²) in [5.41, 5.74) is 3.75. The number of aliphatic hydroxyl groups is 1. The Labute approximate surface area is 493 Å². The molecule has 22 nitrogen and oxygen atoms in total. The lowest BCUT2D eigenvalue weighted by Gasteiger charge is -2.23. The minimum absolute atomic E-state index is 0.0394. The Balaban J connectivity index is 1.11. The average Bonchev–Trinajstić information content (AvgIpc) is 4.39. The van der Waals surface area contributed by atoms with Crippen molar-refractivity contribution in [3.8, 4) is 43.4 Å². The van der Waals surface area contributed by atoms with E-state index >= 15 is 0 Å². The smallest absolute Gasteiger partial charge is 0.412 e. The van der Waals surface area contributed by atoms with Crippen molar-refractivity contribution < 1.29 is 48.5 Å². The molecular formula is C54H54N12O10S6. The Bertz CT molecular complexity index is 3660. The number of amides is 4. The number of thiazole rings is 6. The number of hydrogen-bond acceptors (Lipinski definition) is 23. The van der Waals surface area contributed by atoms with E-state index in [1.807, 2.05) is 19.9 Å². The highest BCUT2D eigenvalue weighted by Crippen LogP contribution is 2.41. The van der Waals surface area contributed by atoms with Crippen LogP contribution in [0.15, 0.2) is 70.6 Å². The zero-order chi connectivity index (χ0) is 58.2. The monoisotopic (exact) mass is 1220 g/mol. The van der Waals surface area contributed by atoms with Crippen LogP contribution in [0.25, 0.3) is 49.1 Å². The molecule has 9 rings (SSSR count). The van der Waals surface area contributed by atoms with Gasteiger partial charge in [-0.25, -0.2) is 39.7 Å². The van der Waals surface area contributed by atoms with Crippen LogP contribution in [-0.4, -0.2) is 108 Å². The lowest BCUT2D eigenvalue weighted by molar-refractivity contribution is -0.137. The van der Waals surface area contributed by atoms with Crippen molar-refractivity contribution in [2.75, 3.05) is 32.6 Å². The molecule has 10 bridgehead atoms. The summed E-state index contributed by atoms with van der Waals surface area (Å²) in [6, 6.07) is 10.5. The molecule has 426 valence electrons. The van der Waals surface area contributed by atoms with E-state index in [2.05, 4.69) is 38.1 Å². The number of rotatable bonds is 13. The van der Waals surface area contributed by atoms with E-state index < -0.39 is 42.1 Å². The van der Waals surface area contributed by atoms with Gasteiger partial charge in [0.15, 0.2) is 5.78 Å². The number of ether oxygens (including phenoxy) is 2. The number of carboxylic acids is 1. The molecule has 0 spiro atoms. The van der Waals surface area contributed by atoms with Gasteiger partial charge in [0.25, 0.3) is 5.91 Å². The molecule has 28 heteroatoms. The number of aryl methyl sites for hydroxylation is 1. The number of ketones is 1. The first-order chi connectivity index (χ1) is 39.5. The number of methoxy groups -OCH3 is 1. The number of pyridine rings is 1. The van der Waals surface area contributed by atoms with Crippen molar-refractivity contribution in [2.24, 2.45) is 5.92 Å². The van der Waals surface area contributed by atoms with E-state index in [1.54, 1.807) is 72.0 Å². The molecule has 8 aromatic rings. The van der Waals surface area contributed by atoms with Gasteiger partial charge in [0.05, 0.1) is 53.5 Å². The molecule has 4 atom stereocenters. The number of carboxylic acid groups (broad SMARTS) is 1. The highest BCUT2D eigenvalue weighted by atomic mass is 32.1. The fourth-order valence-corrected chi connectivity index (χ4v) is 14.1. The van der Waals surface area contributed by atoms with Crippen molar-refractivity contribution in [3.05, 3.63) is 118 Å². The molecule has 1 aliphatic rings. The topological polar surface area (TPSA) is 312 Å². The zero-order valence-corrected chi connectivity index (χ0v) is 49.5. The number of benzene rings is 1. The number of hydrogen-bond donors (Lipinski definition) is 7. The van der Waals surface area contributed by atoms with Crippen LogP contribution in [0, 0.1) is 12.8 Å². The predicted molar refractivity (Wildman–Crippen MR) is 315 cm³/mol. The van der Waals surface area contributed by atoms with Gasteiger partial charge in [-0.1, -0.05) is 50.8 Å². The van der Waals surface area contributed by atoms with Gasteiger partial charge in [-0.3, -0.25) is 29.3 Å². The third-order valence-electron chi connectivity index (χ3n) is 12.7. The number of nitrogens with zero attached hydrogens (tertiary/aromatic N) is 7. The van der Waals surface area contributed by atoms with E-state index in [1.165, 1.54) is 75.1 Å². The van der Waals surface area contributed by atoms with Crippen LogP contribution in [0.1, 0.15) is 121 Å². The van der Waals surface area contributed by atoms with Gasteiger partial charge in [0.1, 0.15) is 77.2 Å². The van der Waals surface area contributed by atoms with Crippen LogP contribution in [0.3, 0.4) is 0 Å². The summed E-state index contributed by atoms with van der Waals surface area (Å²) in [6.45, 7) is 9.85. The second-order valence-corrected chi connectivity index (χ2v) is 24.7. The van der Waals surface area contributed by atoms with Crippen molar-refractivity contribution in [1.82, 2.24) is 56.2 Å². The molecule has 8 heterocycles. The van der Waals surface area contributed by atoms with Crippen LogP contribution >= 0.6 is 68.0 Å². The molecule has 7 aromatic heterocycles. The number of Topliss-reactive ketones (excluding diaryl/α,β-unsaturated/α-hetero) is 1. The summed E-state index contributed by atoms with van der Waals surface area (Å²) in [6.07, 6.45) is -2.18. The molecule has 7 N–H and O–H groups in total. The highest BCUT2D eigenvalue weighted by Gasteiger charge is 2.32. The first-order valence-electron chi connectivity index (χ1n) is 25.4. The molecule has 4 amide bonds. The fraction of sp³-hybridized carbons (Fsp3) is 0.315. The van der Waals surface area contributed by atoms with Crippen molar-refractivity contribution in [1.29, 1.82) is 0 Å². The average molecular weight is 1220 g/mol. The molecule has 1 aliphatic heterocycles. The van der Waals surface area contributed by atoms with Crippen LogP contribution < -0.4 is 26.6 Å². The zero-order valence-electron chi connectivity index (χ0n) is 44.6. The molecule has 0 unspecified atom stereocenters. The predicted octanol–water partition coefficient (Wildman–Crippen LogP) is 9.44. The first-order valence-corrected chi connectivity index (χ1v) is 30.6. The standard InChI is InChI=1S/C54H54N12O10S6/c1-25(2)30-17-36(67)43-27(4)81-52(66-43)32(18-39(68)55-5)58-47(73)34-22-77-48(60-34)29-14-15-31(50-62-38(24-80-50)63-54(74)76-16-10-13-41(70)71)57-44(29)33-21-78-51(59-33)35-23-79-53(61-35)45(46(72)28-11-8-7-9-12-28)64-40(69)19-56-26(3)42-37(20-75-6)82-49(30)65-42/h7-9,11-12,14-15,21-25,30,32,45-46,56,72H,3,10,13,16-20H2,1-2,4-6H3,(H,55,68)(H,58,73)(H,63,74)(H,64,69)(H,70,71)/t30-,32-,45-,46-/m0/s1. The lowest BCUT2D eigenvalue weighted by Crippen LogP contribution is -2.38. The number of aliphatic hydroxyl groups excluding tert-OH is 1. The van der Waals surface area contributed by atoms with E-state index in [0.717, 1.165) is 4.88 Å². The van der Waals surface area contributed by atoms with Gasteiger partial charge in [0.2, 0.25) is 11.8 Å². The summed E-state index contributed by atoms with van der Waals surface area (Å²) in [5, 5.41) is 44.6. The normalized spacial score (nSPS) is 16.4. The van der Waals surface area contributed by atoms with E-state index in [4.69, 9.17) is 44.5 Å². The largest absolute Gasteiger partial charge is 0.481 e. The first kappa shape index (κ1) is 59.1. The van der Waals surface area contributed by atoms with Crippen LogP contribution in [-0.2, 0) is 30.5 Å². The Morgan fingerprint density at radius 1 is 0.793 bits per heavy atom. The second-order valence-electron chi connectivity index (χ2n) is 18.9. The molecule has 0 radical (unpaired) electrons. The van der Waals surface area contributed by atoms with E-state index in [0.29, 0.717) is 80.2 Å². The highest BCUT2D eigenvalue weighted by molar-refractivity contribution is 7.15. The maximum Gasteiger partial charge on any atom is 0.412 e. The number of anilines is 1. The van der Waals surface area contributed by atoms with E-state index in [9.17, 15) is 33.9 Å². The SMILES string of the molecule is C=C1NCC(=O)N[C@@H]([C@@H](O)c2ccccc2)c2nc(cs2)-c2nc(cs2)-c2nc(-c3nc(NC(=O)OCCCC(=O)O)cs3)ccc2-c2nc(cs2)C(=O)N[C@@H](CC(=O)NC)c2nc(c(C)s2)C(=O)C[C@@H](C(C)C)c2nc1c(COC)s2. The fourth-order valence-electron chi connectivity index (χ4n) is 8.51. The number of fused-ring (bicyclic) bond motifs is 14. The quantitative estimate of drug-likeness (QED) is 0.0528. The van der Waals surface area contributed by atoms with Gasteiger partial charge in [-0.05, 0) is 37.0 Å². The Hall–Kier alpha value is -7.57. The molecular weight excluding hydrogens is 1170 g/mol. The number of aliphatic carboxylic acids is 1. The molecule has 0 saturated heterocycles. The number of carbonyl (C=O) groups is 6. The van der Waals surface area contributed by atoms with Crippen LogP contribution in [0.2, 0.25) is 0 Å². The minimum Gasteiger partial charge on any atom is -0.481 e. The molecule has 0 saturated carbocycles. The second kappa shape index (κ2) is 26.6. The molecule has 0 aliphatic carbocycles. The van der Waals surface area contributed by atoms with Gasteiger partial charge < -0.3 is 41.0 Å². The van der Waals surface area contributed by atoms with Crippen molar-refractivity contribution in [2.45, 2.75) is 77.2 Å². The Morgan fingerprint density at radius 3 is 2.27 bits per heavy atom. The molecule has 0 fully saturated rings.